The van der Waals surface area contributed by atoms with Crippen molar-refractivity contribution in [2.24, 2.45) is 0 Å². The number of benzene rings is 4. The van der Waals surface area contributed by atoms with Crippen molar-refractivity contribution in [2.75, 3.05) is 56.6 Å². The van der Waals surface area contributed by atoms with Crippen LogP contribution in [-0.4, -0.2) is 89.7 Å². The summed E-state index contributed by atoms with van der Waals surface area (Å²) in [5.41, 5.74) is 0.0987. The van der Waals surface area contributed by atoms with E-state index in [1.807, 2.05) is 104 Å². The molecule has 4 heterocycles. The van der Waals surface area contributed by atoms with Crippen LogP contribution in [0, 0.1) is 6.92 Å². The van der Waals surface area contributed by atoms with Crippen molar-refractivity contribution in [3.8, 4) is 11.5 Å². The predicted octanol–water partition coefficient (Wildman–Crippen LogP) is 5.20. The monoisotopic (exact) mass is 795 g/mol. The lowest BCUT2D eigenvalue weighted by atomic mass is 9.79. The minimum absolute atomic E-state index is 0.122. The number of anilines is 3. The van der Waals surface area contributed by atoms with Crippen LogP contribution < -0.4 is 30.3 Å². The highest BCUT2D eigenvalue weighted by atomic mass is 16.6. The number of hydrogen-bond acceptors (Lipinski definition) is 12. The Labute approximate surface area is 341 Å². The van der Waals surface area contributed by atoms with Gasteiger partial charge in [-0.1, -0.05) is 72.8 Å². The summed E-state index contributed by atoms with van der Waals surface area (Å²) in [6, 6.07) is 34.9. The summed E-state index contributed by atoms with van der Waals surface area (Å²) < 4.78 is 26.6. The van der Waals surface area contributed by atoms with Crippen molar-refractivity contribution in [3.63, 3.8) is 0 Å². The molecule has 2 bridgehead atoms. The van der Waals surface area contributed by atoms with Crippen LogP contribution in [0.2, 0.25) is 0 Å². The highest BCUT2D eigenvalue weighted by Gasteiger charge is 2.65. The standard InChI is InChI=1S/C45H45N7O7/c1-29-26-51(43(55)49-39(29)48-40(54)30-12-8-6-9-13-30)41-37-38(53)44(59-41,27-52(37)36-24-25-46-42(47-36)50(2)3)28-58-45(31-14-10-7-11-15-31,32-16-20-34(56-4)21-17-32)33-18-22-35(57-5)23-19-33/h6-26,37-38,41,53H,27-28H2,1-5H3,(H,48,49,54,55)/t37-,38+,41-,44-/m1/s1. The number of aliphatic hydroxyl groups excluding tert-OH is 1. The van der Waals surface area contributed by atoms with E-state index >= 15 is 0 Å². The van der Waals surface area contributed by atoms with Crippen LogP contribution in [-0.2, 0) is 15.1 Å². The third-order valence-corrected chi connectivity index (χ3v) is 11.0. The van der Waals surface area contributed by atoms with Crippen molar-refractivity contribution in [1.29, 1.82) is 0 Å². The van der Waals surface area contributed by atoms with E-state index in [0.29, 0.717) is 34.4 Å². The number of carbonyl (C=O) groups is 1. The molecule has 0 unspecified atom stereocenters. The van der Waals surface area contributed by atoms with Gasteiger partial charge in [-0.05, 0) is 66.1 Å². The van der Waals surface area contributed by atoms with E-state index in [0.717, 1.165) is 16.7 Å². The van der Waals surface area contributed by atoms with Crippen LogP contribution in [0.4, 0.5) is 17.6 Å². The average molecular weight is 796 g/mol. The summed E-state index contributed by atoms with van der Waals surface area (Å²) in [5.74, 6) is 2.08. The van der Waals surface area contributed by atoms with Gasteiger partial charge in [0.25, 0.3) is 5.91 Å². The Bertz CT molecular complexity index is 2440. The zero-order valence-corrected chi connectivity index (χ0v) is 33.4. The molecule has 8 rings (SSSR count). The normalized spacial score (nSPS) is 19.7. The quantitative estimate of drug-likeness (QED) is 0.148. The molecule has 2 saturated heterocycles. The Morgan fingerprint density at radius 1 is 0.881 bits per heavy atom. The molecule has 14 heteroatoms. The van der Waals surface area contributed by atoms with E-state index < -0.39 is 41.2 Å². The third-order valence-electron chi connectivity index (χ3n) is 11.0. The van der Waals surface area contributed by atoms with Gasteiger partial charge in [-0.15, -0.1) is 0 Å². The molecule has 1 amide bonds. The molecule has 0 aliphatic carbocycles. The molecule has 14 nitrogen and oxygen atoms in total. The molecule has 2 N–H and O–H groups in total. The fourth-order valence-corrected chi connectivity index (χ4v) is 7.98. The first-order valence-corrected chi connectivity index (χ1v) is 19.1. The minimum atomic E-state index is -1.38. The van der Waals surface area contributed by atoms with Gasteiger partial charge in [-0.3, -0.25) is 9.36 Å². The molecule has 2 aliphatic rings. The molecule has 6 aromatic rings. The molecule has 59 heavy (non-hydrogen) atoms. The number of nitrogens with one attached hydrogen (secondary N) is 1. The second-order valence-corrected chi connectivity index (χ2v) is 14.8. The number of aliphatic hydroxyl groups is 1. The number of morpholine rings is 1. The van der Waals surface area contributed by atoms with E-state index in [2.05, 4.69) is 15.3 Å². The van der Waals surface area contributed by atoms with Crippen molar-refractivity contribution in [3.05, 3.63) is 166 Å². The highest BCUT2D eigenvalue weighted by molar-refractivity contribution is 6.04. The van der Waals surface area contributed by atoms with Gasteiger partial charge in [-0.2, -0.15) is 9.97 Å². The number of rotatable bonds is 13. The maximum atomic E-state index is 14.0. The number of amides is 1. The average Bonchev–Trinajstić information content (AvgIpc) is 3.72. The van der Waals surface area contributed by atoms with Gasteiger partial charge < -0.3 is 39.2 Å². The first-order valence-electron chi connectivity index (χ1n) is 19.1. The Morgan fingerprint density at radius 2 is 1.47 bits per heavy atom. The smallest absolute Gasteiger partial charge is 0.351 e. The fraction of sp³-hybridized carbons (Fsp3) is 0.267. The number of aryl methyl sites for hydroxylation is 1. The van der Waals surface area contributed by atoms with Gasteiger partial charge in [0.15, 0.2) is 6.23 Å². The molecular formula is C45H45N7O7. The number of nitrogens with zero attached hydrogens (tertiary/aromatic N) is 6. The zero-order valence-electron chi connectivity index (χ0n) is 33.4. The van der Waals surface area contributed by atoms with Crippen molar-refractivity contribution < 1.29 is 28.8 Å². The minimum Gasteiger partial charge on any atom is -0.497 e. The maximum Gasteiger partial charge on any atom is 0.351 e. The number of hydrogen-bond donors (Lipinski definition) is 2. The number of ether oxygens (including phenoxy) is 4. The molecule has 4 atom stereocenters. The molecule has 0 radical (unpaired) electrons. The lowest BCUT2D eigenvalue weighted by Gasteiger charge is -2.41. The summed E-state index contributed by atoms with van der Waals surface area (Å²) in [7, 11) is 6.93. The molecule has 2 aliphatic heterocycles. The molecule has 0 saturated carbocycles. The van der Waals surface area contributed by atoms with E-state index in [9.17, 15) is 14.7 Å². The van der Waals surface area contributed by atoms with E-state index in [4.69, 9.17) is 23.9 Å². The largest absolute Gasteiger partial charge is 0.497 e. The second-order valence-electron chi connectivity index (χ2n) is 14.8. The number of aromatic nitrogens is 4. The lowest BCUT2D eigenvalue weighted by Crippen LogP contribution is -2.51. The Kier molecular flexibility index (Phi) is 10.6. The van der Waals surface area contributed by atoms with Gasteiger partial charge in [-0.25, -0.2) is 9.78 Å². The van der Waals surface area contributed by atoms with E-state index in [-0.39, 0.29) is 19.0 Å². The van der Waals surface area contributed by atoms with Gasteiger partial charge in [0.2, 0.25) is 5.95 Å². The Hall–Kier alpha value is -6.61. The van der Waals surface area contributed by atoms with Crippen LogP contribution in [0.5, 0.6) is 11.5 Å². The molecule has 302 valence electrons. The summed E-state index contributed by atoms with van der Waals surface area (Å²) >= 11 is 0. The first kappa shape index (κ1) is 39.2. The van der Waals surface area contributed by atoms with Crippen LogP contribution in [0.1, 0.15) is 38.8 Å². The third kappa shape index (κ3) is 7.15. The predicted molar refractivity (Wildman–Crippen MR) is 222 cm³/mol. The van der Waals surface area contributed by atoms with Crippen molar-refractivity contribution in [2.45, 2.75) is 36.5 Å². The summed E-state index contributed by atoms with van der Waals surface area (Å²) in [4.78, 5) is 44.3. The first-order chi connectivity index (χ1) is 28.6. The van der Waals surface area contributed by atoms with Gasteiger partial charge in [0.1, 0.15) is 46.5 Å². The Balaban J connectivity index is 1.22. The summed E-state index contributed by atoms with van der Waals surface area (Å²) in [5, 5.41) is 15.3. The van der Waals surface area contributed by atoms with E-state index in [1.165, 1.54) is 4.57 Å². The van der Waals surface area contributed by atoms with Crippen molar-refractivity contribution in [1.82, 2.24) is 19.5 Å². The zero-order chi connectivity index (χ0) is 41.3. The van der Waals surface area contributed by atoms with E-state index in [1.54, 1.807) is 68.8 Å². The Morgan fingerprint density at radius 3 is 2.07 bits per heavy atom. The number of fused-ring (bicyclic) bond motifs is 2. The molecular weight excluding hydrogens is 751 g/mol. The van der Waals surface area contributed by atoms with Crippen molar-refractivity contribution >= 4 is 23.5 Å². The molecule has 4 aromatic carbocycles. The molecule has 2 aromatic heterocycles. The molecule has 0 spiro atoms. The highest BCUT2D eigenvalue weighted by Crippen LogP contribution is 2.50. The summed E-state index contributed by atoms with van der Waals surface area (Å²) in [6.45, 7) is 1.79. The fourth-order valence-electron chi connectivity index (χ4n) is 7.98. The SMILES string of the molecule is COc1ccc(C(OC[C@@]23CN(c4ccnc(N(C)C)n4)[C@@H]([C@H](n4cc(C)c(NC(=O)c5ccccc5)nc4=O)O2)[C@@H]3O)(c2ccccc2)c2ccc(OC)cc2)cc1. The lowest BCUT2D eigenvalue weighted by molar-refractivity contribution is -0.159. The summed E-state index contributed by atoms with van der Waals surface area (Å²) in [6.07, 6.45) is 1.04. The number of methoxy groups -OCH3 is 2. The van der Waals surface area contributed by atoms with Crippen LogP contribution >= 0.6 is 0 Å². The topological polar surface area (TPSA) is 153 Å². The van der Waals surface area contributed by atoms with Crippen LogP contribution in [0.3, 0.4) is 0 Å². The van der Waals surface area contributed by atoms with Crippen LogP contribution in [0.15, 0.2) is 132 Å². The second kappa shape index (κ2) is 16.0. The van der Waals surface area contributed by atoms with Gasteiger partial charge in [0, 0.05) is 37.6 Å². The molecule has 2 fully saturated rings. The van der Waals surface area contributed by atoms with Crippen LogP contribution in [0.25, 0.3) is 0 Å². The number of carbonyl (C=O) groups excluding carboxylic acids is 1. The van der Waals surface area contributed by atoms with Gasteiger partial charge in [0.05, 0.1) is 27.4 Å². The maximum absolute atomic E-state index is 14.0. The van der Waals surface area contributed by atoms with Gasteiger partial charge >= 0.3 is 5.69 Å².